The highest BCUT2D eigenvalue weighted by molar-refractivity contribution is 5.16. The molecule has 1 aliphatic rings. The molecule has 1 atom stereocenters. The summed E-state index contributed by atoms with van der Waals surface area (Å²) in [6.07, 6.45) is 2.37. The molecule has 3 nitrogen and oxygen atoms in total. The topological polar surface area (TPSA) is 32.5 Å². The predicted molar refractivity (Wildman–Crippen MR) is 81.0 cm³/mol. The van der Waals surface area contributed by atoms with Crippen LogP contribution in [0, 0.1) is 5.82 Å². The van der Waals surface area contributed by atoms with E-state index in [-0.39, 0.29) is 5.82 Å². The molecule has 4 heteroatoms. The van der Waals surface area contributed by atoms with Crippen LogP contribution >= 0.6 is 0 Å². The Kier molecular flexibility index (Phi) is 5.95. The smallest absolute Gasteiger partial charge is 0.123 e. The van der Waals surface area contributed by atoms with Crippen molar-refractivity contribution in [3.8, 4) is 0 Å². The first kappa shape index (κ1) is 15.4. The van der Waals surface area contributed by atoms with Gasteiger partial charge in [-0.3, -0.25) is 9.80 Å². The van der Waals surface area contributed by atoms with Gasteiger partial charge in [0.2, 0.25) is 0 Å². The minimum atomic E-state index is -0.146. The molecule has 1 aromatic rings. The molecule has 20 heavy (non-hydrogen) atoms. The Balaban J connectivity index is 1.82. The van der Waals surface area contributed by atoms with Gasteiger partial charge in [0.05, 0.1) is 0 Å². The highest BCUT2D eigenvalue weighted by Crippen LogP contribution is 2.13. The SMILES string of the molecule is CCCC(CN)N1CCN(Cc2cccc(F)c2)CC1. The molecule has 0 spiro atoms. The van der Waals surface area contributed by atoms with E-state index >= 15 is 0 Å². The summed E-state index contributed by atoms with van der Waals surface area (Å²) >= 11 is 0. The third kappa shape index (κ3) is 4.27. The van der Waals surface area contributed by atoms with Crippen LogP contribution < -0.4 is 5.73 Å². The molecule has 0 radical (unpaired) electrons. The number of hydrogen-bond donors (Lipinski definition) is 1. The zero-order chi connectivity index (χ0) is 14.4. The molecule has 1 heterocycles. The van der Waals surface area contributed by atoms with Gasteiger partial charge in [0.15, 0.2) is 0 Å². The molecule has 2 N–H and O–H groups in total. The van der Waals surface area contributed by atoms with Crippen LogP contribution in [-0.4, -0.2) is 48.6 Å². The Morgan fingerprint density at radius 3 is 2.60 bits per heavy atom. The Labute approximate surface area is 121 Å². The van der Waals surface area contributed by atoms with Crippen LogP contribution in [0.1, 0.15) is 25.3 Å². The first-order valence-electron chi connectivity index (χ1n) is 7.64. The lowest BCUT2D eigenvalue weighted by Gasteiger charge is -2.39. The second kappa shape index (κ2) is 7.72. The van der Waals surface area contributed by atoms with Crippen molar-refractivity contribution >= 4 is 0 Å². The van der Waals surface area contributed by atoms with Crippen molar-refractivity contribution in [3.63, 3.8) is 0 Å². The molecule has 1 unspecified atom stereocenters. The molecule has 1 fully saturated rings. The van der Waals surface area contributed by atoms with Crippen LogP contribution in [0.25, 0.3) is 0 Å². The molecule has 1 saturated heterocycles. The molecule has 0 amide bonds. The molecule has 1 aromatic carbocycles. The minimum absolute atomic E-state index is 0.146. The van der Waals surface area contributed by atoms with Gasteiger partial charge < -0.3 is 5.73 Å². The maximum Gasteiger partial charge on any atom is 0.123 e. The predicted octanol–water partition coefficient (Wildman–Crippen LogP) is 2.07. The summed E-state index contributed by atoms with van der Waals surface area (Å²) in [4.78, 5) is 4.90. The van der Waals surface area contributed by atoms with Crippen molar-refractivity contribution in [1.29, 1.82) is 0 Å². The lowest BCUT2D eigenvalue weighted by atomic mass is 10.1. The highest BCUT2D eigenvalue weighted by Gasteiger charge is 2.22. The van der Waals surface area contributed by atoms with Crippen LogP contribution in [0.4, 0.5) is 4.39 Å². The summed E-state index contributed by atoms with van der Waals surface area (Å²) in [5, 5.41) is 0. The van der Waals surface area contributed by atoms with E-state index < -0.39 is 0 Å². The van der Waals surface area contributed by atoms with Crippen molar-refractivity contribution in [2.45, 2.75) is 32.4 Å². The Bertz CT molecular complexity index is 402. The van der Waals surface area contributed by atoms with Crippen molar-refractivity contribution in [1.82, 2.24) is 9.80 Å². The van der Waals surface area contributed by atoms with Gasteiger partial charge in [-0.15, -0.1) is 0 Å². The molecule has 0 aliphatic carbocycles. The summed E-state index contributed by atoms with van der Waals surface area (Å²) in [6.45, 7) is 8.01. The zero-order valence-corrected chi connectivity index (χ0v) is 12.4. The third-order valence-corrected chi connectivity index (χ3v) is 4.11. The fraction of sp³-hybridized carbons (Fsp3) is 0.625. The fourth-order valence-electron chi connectivity index (χ4n) is 2.96. The molecule has 0 bridgehead atoms. The van der Waals surface area contributed by atoms with Crippen LogP contribution in [0.5, 0.6) is 0 Å². The van der Waals surface area contributed by atoms with Crippen molar-refractivity contribution in [3.05, 3.63) is 35.6 Å². The van der Waals surface area contributed by atoms with E-state index in [2.05, 4.69) is 16.7 Å². The number of benzene rings is 1. The lowest BCUT2D eigenvalue weighted by Crippen LogP contribution is -2.51. The van der Waals surface area contributed by atoms with E-state index in [1.54, 1.807) is 12.1 Å². The molecule has 1 aliphatic heterocycles. The van der Waals surface area contributed by atoms with Gasteiger partial charge in [0, 0.05) is 45.3 Å². The fourth-order valence-corrected chi connectivity index (χ4v) is 2.96. The van der Waals surface area contributed by atoms with Crippen molar-refractivity contribution in [2.75, 3.05) is 32.7 Å². The number of hydrogen-bond acceptors (Lipinski definition) is 3. The van der Waals surface area contributed by atoms with Crippen molar-refractivity contribution in [2.24, 2.45) is 5.73 Å². The summed E-state index contributed by atoms with van der Waals surface area (Å²) in [7, 11) is 0. The Morgan fingerprint density at radius 1 is 1.25 bits per heavy atom. The average molecular weight is 279 g/mol. The van der Waals surface area contributed by atoms with E-state index in [0.717, 1.165) is 44.8 Å². The van der Waals surface area contributed by atoms with E-state index in [1.165, 1.54) is 18.9 Å². The minimum Gasteiger partial charge on any atom is -0.329 e. The second-order valence-corrected chi connectivity index (χ2v) is 5.62. The molecule has 112 valence electrons. The summed E-state index contributed by atoms with van der Waals surface area (Å²) in [5.74, 6) is -0.146. The quantitative estimate of drug-likeness (QED) is 0.865. The van der Waals surface area contributed by atoms with Crippen LogP contribution in [0.2, 0.25) is 0 Å². The van der Waals surface area contributed by atoms with Crippen LogP contribution in [0.3, 0.4) is 0 Å². The number of nitrogens with zero attached hydrogens (tertiary/aromatic N) is 2. The lowest BCUT2D eigenvalue weighted by molar-refractivity contribution is 0.0904. The molecule has 2 rings (SSSR count). The third-order valence-electron chi connectivity index (χ3n) is 4.11. The number of piperazine rings is 1. The van der Waals surface area contributed by atoms with Gasteiger partial charge in [0.25, 0.3) is 0 Å². The number of rotatable bonds is 6. The summed E-state index contributed by atoms with van der Waals surface area (Å²) in [6, 6.07) is 7.43. The van der Waals surface area contributed by atoms with Gasteiger partial charge in [-0.05, 0) is 24.1 Å². The van der Waals surface area contributed by atoms with Gasteiger partial charge in [0.1, 0.15) is 5.82 Å². The molecular formula is C16H26FN3. The highest BCUT2D eigenvalue weighted by atomic mass is 19.1. The van der Waals surface area contributed by atoms with E-state index in [0.29, 0.717) is 6.04 Å². The first-order valence-corrected chi connectivity index (χ1v) is 7.64. The first-order chi connectivity index (χ1) is 9.72. The summed E-state index contributed by atoms with van der Waals surface area (Å²) < 4.78 is 13.2. The zero-order valence-electron chi connectivity index (χ0n) is 12.4. The number of halogens is 1. The standard InChI is InChI=1S/C16H26FN3/c1-2-4-16(12-18)20-9-7-19(8-10-20)13-14-5-3-6-15(17)11-14/h3,5-6,11,16H,2,4,7-10,12-13,18H2,1H3. The van der Waals surface area contributed by atoms with Gasteiger partial charge in [-0.25, -0.2) is 4.39 Å². The maximum absolute atomic E-state index is 13.2. The monoisotopic (exact) mass is 279 g/mol. The molecule has 0 aromatic heterocycles. The van der Waals surface area contributed by atoms with Crippen LogP contribution in [-0.2, 0) is 6.54 Å². The normalized spacial score (nSPS) is 19.1. The maximum atomic E-state index is 13.2. The molecule has 0 saturated carbocycles. The van der Waals surface area contributed by atoms with E-state index in [9.17, 15) is 4.39 Å². The van der Waals surface area contributed by atoms with Crippen LogP contribution in [0.15, 0.2) is 24.3 Å². The van der Waals surface area contributed by atoms with Gasteiger partial charge in [-0.2, -0.15) is 0 Å². The summed E-state index contributed by atoms with van der Waals surface area (Å²) in [5.41, 5.74) is 6.93. The largest absolute Gasteiger partial charge is 0.329 e. The van der Waals surface area contributed by atoms with E-state index in [1.807, 2.05) is 6.07 Å². The van der Waals surface area contributed by atoms with Crippen molar-refractivity contribution < 1.29 is 4.39 Å². The Hall–Kier alpha value is -0.970. The average Bonchev–Trinajstić information content (AvgIpc) is 2.46. The molecular weight excluding hydrogens is 253 g/mol. The Morgan fingerprint density at radius 2 is 2.00 bits per heavy atom. The van der Waals surface area contributed by atoms with E-state index in [4.69, 9.17) is 5.73 Å². The second-order valence-electron chi connectivity index (χ2n) is 5.62. The number of nitrogens with two attached hydrogens (primary N) is 1. The van der Waals surface area contributed by atoms with Gasteiger partial charge in [-0.1, -0.05) is 25.5 Å². The van der Waals surface area contributed by atoms with Gasteiger partial charge >= 0.3 is 0 Å².